The molecule has 0 aliphatic carbocycles. The van der Waals surface area contributed by atoms with Crippen molar-refractivity contribution in [3.63, 3.8) is 0 Å². The van der Waals surface area contributed by atoms with Crippen LogP contribution in [0.2, 0.25) is 0 Å². The van der Waals surface area contributed by atoms with Gasteiger partial charge in [-0.1, -0.05) is 18.2 Å². The number of aliphatic hydroxyl groups is 1. The highest BCUT2D eigenvalue weighted by Gasteiger charge is 2.55. The number of fused-ring (bicyclic) bond motifs is 1. The third kappa shape index (κ3) is 5.24. The van der Waals surface area contributed by atoms with Crippen molar-refractivity contribution in [2.24, 2.45) is 5.73 Å². The molecule has 2 fully saturated rings. The summed E-state index contributed by atoms with van der Waals surface area (Å²) in [4.78, 5) is 56.7. The largest absolute Gasteiger partial charge is 0.509 e. The standard InChI is InChI=1S/C21H22N4O10/c1-10(26)14(22)19(28)35-24-13-7-8-25(20(29)23-13)17-16-15(33-21(30)34-16)12(32-17)9-31-18(27)11-5-3-2-4-6-11/h2-8,10,12,14-17,26H,9,22H2,1H3,(H,23,24,29)/t10?,12-,14-,15-,16-,17-/m1/s1. The Morgan fingerprint density at radius 2 is 1.91 bits per heavy atom. The van der Waals surface area contributed by atoms with Gasteiger partial charge in [-0.25, -0.2) is 24.7 Å². The molecule has 4 rings (SSSR count). The molecule has 1 unspecified atom stereocenters. The summed E-state index contributed by atoms with van der Waals surface area (Å²) in [7, 11) is 0. The molecule has 0 radical (unpaired) electrons. The molecule has 1 aromatic carbocycles. The van der Waals surface area contributed by atoms with Crippen molar-refractivity contribution in [2.45, 2.75) is 43.6 Å². The van der Waals surface area contributed by atoms with Crippen molar-refractivity contribution in [3.8, 4) is 0 Å². The Balaban J connectivity index is 1.43. The number of nitrogens with one attached hydrogen (secondary N) is 1. The first-order chi connectivity index (χ1) is 16.7. The van der Waals surface area contributed by atoms with Gasteiger partial charge in [-0.05, 0) is 19.1 Å². The van der Waals surface area contributed by atoms with E-state index in [1.165, 1.54) is 19.2 Å². The molecule has 186 valence electrons. The van der Waals surface area contributed by atoms with Crippen LogP contribution in [0.4, 0.5) is 10.6 Å². The molecule has 0 spiro atoms. The summed E-state index contributed by atoms with van der Waals surface area (Å²) in [5.41, 5.74) is 7.13. The van der Waals surface area contributed by atoms with E-state index in [0.717, 1.165) is 4.57 Å². The zero-order valence-electron chi connectivity index (χ0n) is 18.3. The summed E-state index contributed by atoms with van der Waals surface area (Å²) in [6.45, 7) is 1.05. The number of nitrogens with two attached hydrogens (primary N) is 1. The summed E-state index contributed by atoms with van der Waals surface area (Å²) < 4.78 is 22.4. The molecule has 14 nitrogen and oxygen atoms in total. The molecule has 0 bridgehead atoms. The summed E-state index contributed by atoms with van der Waals surface area (Å²) in [5.74, 6) is -1.69. The minimum absolute atomic E-state index is 0.125. The summed E-state index contributed by atoms with van der Waals surface area (Å²) in [5, 5.41) is 9.32. The van der Waals surface area contributed by atoms with Crippen LogP contribution in [0.5, 0.6) is 0 Å². The van der Waals surface area contributed by atoms with Gasteiger partial charge in [0.15, 0.2) is 24.3 Å². The number of rotatable bonds is 8. The zero-order valence-corrected chi connectivity index (χ0v) is 18.3. The number of aromatic nitrogens is 2. The Morgan fingerprint density at radius 1 is 1.20 bits per heavy atom. The van der Waals surface area contributed by atoms with Crippen LogP contribution >= 0.6 is 0 Å². The lowest BCUT2D eigenvalue weighted by atomic mass is 10.1. The molecule has 0 saturated carbocycles. The number of hydrogen-bond acceptors (Lipinski definition) is 13. The number of benzene rings is 1. The number of esters is 1. The van der Waals surface area contributed by atoms with Gasteiger partial charge in [0.05, 0.1) is 11.7 Å². The lowest BCUT2D eigenvalue weighted by molar-refractivity contribution is -0.144. The Labute approximate surface area is 197 Å². The van der Waals surface area contributed by atoms with Crippen LogP contribution in [0.25, 0.3) is 0 Å². The maximum atomic E-state index is 12.6. The van der Waals surface area contributed by atoms with Gasteiger partial charge in [-0.3, -0.25) is 4.57 Å². The minimum atomic E-state index is -1.29. The molecule has 14 heteroatoms. The topological polar surface area (TPSA) is 191 Å². The minimum Gasteiger partial charge on any atom is -0.459 e. The van der Waals surface area contributed by atoms with Crippen LogP contribution < -0.4 is 16.9 Å². The second-order valence-corrected chi connectivity index (χ2v) is 7.74. The lowest BCUT2D eigenvalue weighted by Gasteiger charge is -2.18. The van der Waals surface area contributed by atoms with E-state index in [1.807, 2.05) is 0 Å². The van der Waals surface area contributed by atoms with Gasteiger partial charge in [0, 0.05) is 12.3 Å². The monoisotopic (exact) mass is 490 g/mol. The molecule has 2 aromatic rings. The molecule has 3 heterocycles. The third-order valence-corrected chi connectivity index (χ3v) is 5.29. The molecule has 4 N–H and O–H groups in total. The molecule has 0 amide bonds. The van der Waals surface area contributed by atoms with E-state index >= 15 is 0 Å². The number of carbonyl (C=O) groups excluding carboxylic acids is 3. The second-order valence-electron chi connectivity index (χ2n) is 7.74. The van der Waals surface area contributed by atoms with Crippen LogP contribution in [-0.4, -0.2) is 69.8 Å². The Kier molecular flexibility index (Phi) is 6.95. The normalized spacial score (nSPS) is 24.5. The number of carbonyl (C=O) groups is 3. The number of ether oxygens (including phenoxy) is 4. The molecule has 2 saturated heterocycles. The average Bonchev–Trinajstić information content (AvgIpc) is 3.38. The predicted octanol–water partition coefficient (Wildman–Crippen LogP) is -0.520. The fourth-order valence-electron chi connectivity index (χ4n) is 3.43. The molecule has 35 heavy (non-hydrogen) atoms. The molecule has 6 atom stereocenters. The van der Waals surface area contributed by atoms with Crippen molar-refractivity contribution in [1.82, 2.24) is 9.55 Å². The van der Waals surface area contributed by atoms with Gasteiger partial charge < -0.3 is 34.6 Å². The fraction of sp³-hybridized carbons (Fsp3) is 0.381. The maximum absolute atomic E-state index is 12.6. The van der Waals surface area contributed by atoms with E-state index in [1.54, 1.807) is 30.3 Å². The van der Waals surface area contributed by atoms with E-state index in [-0.39, 0.29) is 12.4 Å². The lowest BCUT2D eigenvalue weighted by Crippen LogP contribution is -2.42. The van der Waals surface area contributed by atoms with E-state index in [0.29, 0.717) is 5.56 Å². The van der Waals surface area contributed by atoms with Gasteiger partial charge in [0.25, 0.3) is 0 Å². The van der Waals surface area contributed by atoms with Crippen LogP contribution in [-0.2, 0) is 28.6 Å². The number of aliphatic hydroxyl groups excluding tert-OH is 1. The molecule has 1 aromatic heterocycles. The van der Waals surface area contributed by atoms with Gasteiger partial charge in [-0.15, -0.1) is 0 Å². The van der Waals surface area contributed by atoms with Crippen molar-refractivity contribution in [1.29, 1.82) is 0 Å². The van der Waals surface area contributed by atoms with Gasteiger partial charge >= 0.3 is 23.8 Å². The number of hydrogen-bond donors (Lipinski definition) is 3. The SMILES string of the molecule is CC(O)[C@@H](N)C(=O)ONc1ccn([C@@H]2O[C@H](COC(=O)c3ccccc3)[C@H]3OC(=O)O[C@H]32)c(=O)n1. The van der Waals surface area contributed by atoms with Crippen molar-refractivity contribution < 1.29 is 43.3 Å². The predicted molar refractivity (Wildman–Crippen MR) is 114 cm³/mol. The molecule has 2 aliphatic heterocycles. The Bertz CT molecular complexity index is 1150. The highest BCUT2D eigenvalue weighted by Crippen LogP contribution is 2.37. The van der Waals surface area contributed by atoms with Gasteiger partial charge in [0.1, 0.15) is 18.8 Å². The van der Waals surface area contributed by atoms with Crippen molar-refractivity contribution in [3.05, 3.63) is 58.6 Å². The van der Waals surface area contributed by atoms with Crippen LogP contribution in [0.3, 0.4) is 0 Å². The smallest absolute Gasteiger partial charge is 0.459 e. The van der Waals surface area contributed by atoms with Crippen molar-refractivity contribution >= 4 is 23.9 Å². The van der Waals surface area contributed by atoms with E-state index in [4.69, 9.17) is 29.5 Å². The van der Waals surface area contributed by atoms with Gasteiger partial charge in [-0.2, -0.15) is 4.98 Å². The highest BCUT2D eigenvalue weighted by atomic mass is 16.8. The molecular weight excluding hydrogens is 468 g/mol. The first-order valence-electron chi connectivity index (χ1n) is 10.5. The van der Waals surface area contributed by atoms with Crippen LogP contribution in [0.1, 0.15) is 23.5 Å². The zero-order chi connectivity index (χ0) is 25.1. The van der Waals surface area contributed by atoms with Crippen molar-refractivity contribution in [2.75, 3.05) is 12.1 Å². The summed E-state index contributed by atoms with van der Waals surface area (Å²) in [6.07, 6.45) is -4.77. The van der Waals surface area contributed by atoms with E-state index < -0.39 is 60.5 Å². The van der Waals surface area contributed by atoms with E-state index in [2.05, 4.69) is 10.5 Å². The average molecular weight is 490 g/mol. The molecule has 2 aliphatic rings. The first-order valence-corrected chi connectivity index (χ1v) is 10.5. The van der Waals surface area contributed by atoms with Gasteiger partial charge in [0.2, 0.25) is 0 Å². The number of anilines is 1. The fourth-order valence-corrected chi connectivity index (χ4v) is 3.43. The third-order valence-electron chi connectivity index (χ3n) is 5.29. The summed E-state index contributed by atoms with van der Waals surface area (Å²) >= 11 is 0. The quantitative estimate of drug-likeness (QED) is 0.244. The van der Waals surface area contributed by atoms with Crippen LogP contribution in [0.15, 0.2) is 47.4 Å². The number of nitrogens with zero attached hydrogens (tertiary/aromatic N) is 2. The Morgan fingerprint density at radius 3 is 2.60 bits per heavy atom. The van der Waals surface area contributed by atoms with Crippen LogP contribution in [0, 0.1) is 0 Å². The van der Waals surface area contributed by atoms with E-state index in [9.17, 15) is 24.3 Å². The second kappa shape index (κ2) is 10.1. The molecular formula is C21H22N4O10. The summed E-state index contributed by atoms with van der Waals surface area (Å²) in [6, 6.07) is 8.28. The first kappa shape index (κ1) is 24.1. The maximum Gasteiger partial charge on any atom is 0.509 e. The highest BCUT2D eigenvalue weighted by molar-refractivity contribution is 5.89. The Hall–Kier alpha value is -4.01.